The van der Waals surface area contributed by atoms with Crippen molar-refractivity contribution < 1.29 is 19.4 Å². The van der Waals surface area contributed by atoms with Crippen LogP contribution in [0.3, 0.4) is 0 Å². The van der Waals surface area contributed by atoms with E-state index in [9.17, 15) is 14.7 Å². The summed E-state index contributed by atoms with van der Waals surface area (Å²) >= 11 is 1.29. The molecule has 7 heteroatoms. The van der Waals surface area contributed by atoms with Gasteiger partial charge in [0.25, 0.3) is 5.91 Å². The summed E-state index contributed by atoms with van der Waals surface area (Å²) in [5, 5.41) is 9.88. The van der Waals surface area contributed by atoms with E-state index < -0.39 is 11.4 Å². The number of benzene rings is 1. The number of aliphatic carboxylic acids is 1. The zero-order chi connectivity index (χ0) is 16.9. The monoisotopic (exact) mass is 344 g/mol. The van der Waals surface area contributed by atoms with Crippen LogP contribution < -0.4 is 4.74 Å². The number of carboxylic acid groups (broad SMARTS) is 1. The van der Waals surface area contributed by atoms with Gasteiger partial charge in [-0.2, -0.15) is 0 Å². The first-order valence-corrected chi connectivity index (χ1v) is 8.55. The molecular formula is C17H16N2O4S. The van der Waals surface area contributed by atoms with Crippen LogP contribution in [-0.4, -0.2) is 46.6 Å². The lowest BCUT2D eigenvalue weighted by atomic mass is 9.73. The van der Waals surface area contributed by atoms with Crippen molar-refractivity contribution in [2.45, 2.75) is 12.8 Å². The van der Waals surface area contributed by atoms with Crippen LogP contribution in [0.2, 0.25) is 0 Å². The van der Waals surface area contributed by atoms with Gasteiger partial charge in [-0.3, -0.25) is 9.59 Å². The standard InChI is InChI=1S/C17H16N2O4S/c1-10-14(24-9-18-10)15(20)19-6-12-11-4-2-3-5-13(11)23-8-17(12,7-19)16(21)22/h2-5,9,12H,6-8H2,1H3,(H,21,22)/t12-,17-/m1/s1. The number of ether oxygens (including phenoxy) is 1. The summed E-state index contributed by atoms with van der Waals surface area (Å²) in [6.45, 7) is 2.40. The van der Waals surface area contributed by atoms with Crippen LogP contribution in [0, 0.1) is 12.3 Å². The average molecular weight is 344 g/mol. The van der Waals surface area contributed by atoms with Crippen molar-refractivity contribution in [2.24, 2.45) is 5.41 Å². The third-order valence-corrected chi connectivity index (χ3v) is 5.89. The molecule has 1 aromatic carbocycles. The number of amides is 1. The second-order valence-corrected chi connectivity index (χ2v) is 7.15. The number of carbonyl (C=O) groups excluding carboxylic acids is 1. The number of aromatic nitrogens is 1. The fourth-order valence-electron chi connectivity index (χ4n) is 3.64. The van der Waals surface area contributed by atoms with Gasteiger partial charge >= 0.3 is 5.97 Å². The molecule has 0 spiro atoms. The highest BCUT2D eigenvalue weighted by Gasteiger charge is 2.57. The van der Waals surface area contributed by atoms with Crippen LogP contribution in [0.25, 0.3) is 0 Å². The third-order valence-electron chi connectivity index (χ3n) is 4.98. The van der Waals surface area contributed by atoms with Gasteiger partial charge in [-0.25, -0.2) is 4.98 Å². The van der Waals surface area contributed by atoms with E-state index in [1.165, 1.54) is 11.3 Å². The number of likely N-dealkylation sites (tertiary alicyclic amines) is 1. The number of rotatable bonds is 2. The molecule has 124 valence electrons. The Kier molecular flexibility index (Phi) is 3.35. The SMILES string of the molecule is Cc1ncsc1C(=O)N1C[C@@H]2c3ccccc3OC[C@]2(C(=O)O)C1. The minimum atomic E-state index is -1.09. The number of hydrogen-bond acceptors (Lipinski definition) is 5. The predicted octanol–water partition coefficient (Wildman–Crippen LogP) is 2.15. The minimum absolute atomic E-state index is 0.0788. The Morgan fingerprint density at radius 2 is 2.21 bits per heavy atom. The zero-order valence-corrected chi connectivity index (χ0v) is 13.9. The van der Waals surface area contributed by atoms with Crippen LogP contribution in [0.15, 0.2) is 29.8 Å². The Labute approximate surface area is 142 Å². The van der Waals surface area contributed by atoms with Crippen molar-refractivity contribution in [2.75, 3.05) is 19.7 Å². The van der Waals surface area contributed by atoms with E-state index in [2.05, 4.69) is 4.98 Å². The highest BCUT2D eigenvalue weighted by Crippen LogP contribution is 2.50. The summed E-state index contributed by atoms with van der Waals surface area (Å²) in [6, 6.07) is 7.48. The summed E-state index contributed by atoms with van der Waals surface area (Å²) in [7, 11) is 0. The maximum Gasteiger partial charge on any atom is 0.315 e. The van der Waals surface area contributed by atoms with E-state index in [1.54, 1.807) is 17.3 Å². The second-order valence-electron chi connectivity index (χ2n) is 6.29. The van der Waals surface area contributed by atoms with Crippen molar-refractivity contribution >= 4 is 23.2 Å². The highest BCUT2D eigenvalue weighted by atomic mass is 32.1. The first-order valence-electron chi connectivity index (χ1n) is 7.67. The molecule has 1 amide bonds. The van der Waals surface area contributed by atoms with E-state index in [1.807, 2.05) is 24.3 Å². The van der Waals surface area contributed by atoms with Gasteiger partial charge in [0.1, 0.15) is 22.6 Å². The molecule has 1 aromatic heterocycles. The third kappa shape index (κ3) is 2.04. The molecule has 2 aliphatic rings. The molecule has 1 N–H and O–H groups in total. The van der Waals surface area contributed by atoms with Crippen molar-refractivity contribution in [1.82, 2.24) is 9.88 Å². The summed E-state index contributed by atoms with van der Waals surface area (Å²) in [5.74, 6) is -0.624. The molecule has 3 heterocycles. The van der Waals surface area contributed by atoms with E-state index in [-0.39, 0.29) is 25.0 Å². The number of para-hydroxylation sites is 1. The number of fused-ring (bicyclic) bond motifs is 3. The van der Waals surface area contributed by atoms with Crippen LogP contribution in [-0.2, 0) is 4.79 Å². The fourth-order valence-corrected chi connectivity index (χ4v) is 4.41. The Morgan fingerprint density at radius 1 is 1.42 bits per heavy atom. The molecular weight excluding hydrogens is 328 g/mol. The molecule has 0 saturated carbocycles. The quantitative estimate of drug-likeness (QED) is 0.903. The van der Waals surface area contributed by atoms with E-state index in [0.29, 0.717) is 22.9 Å². The largest absolute Gasteiger partial charge is 0.492 e. The molecule has 1 fully saturated rings. The summed E-state index contributed by atoms with van der Waals surface area (Å²) < 4.78 is 5.72. The van der Waals surface area contributed by atoms with E-state index >= 15 is 0 Å². The molecule has 2 aromatic rings. The van der Waals surface area contributed by atoms with Crippen LogP contribution in [0.5, 0.6) is 5.75 Å². The average Bonchev–Trinajstić information content (AvgIpc) is 3.18. The lowest BCUT2D eigenvalue weighted by Crippen LogP contribution is -2.46. The Hall–Kier alpha value is -2.41. The fraction of sp³-hybridized carbons (Fsp3) is 0.353. The molecule has 0 bridgehead atoms. The van der Waals surface area contributed by atoms with Crippen molar-refractivity contribution in [3.05, 3.63) is 45.9 Å². The van der Waals surface area contributed by atoms with Gasteiger partial charge in [-0.1, -0.05) is 18.2 Å². The van der Waals surface area contributed by atoms with Crippen molar-refractivity contribution in [3.8, 4) is 5.75 Å². The second kappa shape index (κ2) is 5.31. The molecule has 24 heavy (non-hydrogen) atoms. The summed E-state index contributed by atoms with van der Waals surface area (Å²) in [4.78, 5) is 31.2. The number of carbonyl (C=O) groups is 2. The topological polar surface area (TPSA) is 79.7 Å². The van der Waals surface area contributed by atoms with Crippen molar-refractivity contribution in [3.63, 3.8) is 0 Å². The molecule has 1 saturated heterocycles. The van der Waals surface area contributed by atoms with Gasteiger partial charge in [0, 0.05) is 24.6 Å². The van der Waals surface area contributed by atoms with Crippen LogP contribution in [0.1, 0.15) is 26.8 Å². The zero-order valence-electron chi connectivity index (χ0n) is 13.1. The van der Waals surface area contributed by atoms with Gasteiger partial charge in [0.2, 0.25) is 0 Å². The highest BCUT2D eigenvalue weighted by molar-refractivity contribution is 7.11. The number of nitrogens with zero attached hydrogens (tertiary/aromatic N) is 2. The first kappa shape index (κ1) is 15.1. The number of carboxylic acids is 1. The minimum Gasteiger partial charge on any atom is -0.492 e. The van der Waals surface area contributed by atoms with Gasteiger partial charge in [-0.05, 0) is 13.0 Å². The van der Waals surface area contributed by atoms with Gasteiger partial charge in [0.05, 0.1) is 11.2 Å². The molecule has 2 atom stereocenters. The van der Waals surface area contributed by atoms with Gasteiger partial charge in [0.15, 0.2) is 0 Å². The predicted molar refractivity (Wildman–Crippen MR) is 87.5 cm³/mol. The molecule has 6 nitrogen and oxygen atoms in total. The molecule has 0 aliphatic carbocycles. The van der Waals surface area contributed by atoms with Crippen molar-refractivity contribution in [1.29, 1.82) is 0 Å². The van der Waals surface area contributed by atoms with Gasteiger partial charge < -0.3 is 14.7 Å². The van der Waals surface area contributed by atoms with Crippen LogP contribution >= 0.6 is 11.3 Å². The Morgan fingerprint density at radius 3 is 2.92 bits per heavy atom. The maximum atomic E-state index is 12.8. The molecule has 4 rings (SSSR count). The lowest BCUT2D eigenvalue weighted by Gasteiger charge is -2.35. The Bertz CT molecular complexity index is 834. The molecule has 0 unspecified atom stereocenters. The lowest BCUT2D eigenvalue weighted by molar-refractivity contribution is -0.151. The van der Waals surface area contributed by atoms with Crippen LogP contribution in [0.4, 0.5) is 0 Å². The smallest absolute Gasteiger partial charge is 0.315 e. The summed E-state index contributed by atoms with van der Waals surface area (Å²) in [6.07, 6.45) is 0. The van der Waals surface area contributed by atoms with E-state index in [0.717, 1.165) is 5.56 Å². The normalized spacial score (nSPS) is 24.9. The number of thiazole rings is 1. The number of hydrogen-bond donors (Lipinski definition) is 1. The maximum absolute atomic E-state index is 12.8. The number of aryl methyl sites for hydroxylation is 1. The molecule has 2 aliphatic heterocycles. The molecule has 0 radical (unpaired) electrons. The first-order chi connectivity index (χ1) is 11.5. The van der Waals surface area contributed by atoms with E-state index in [4.69, 9.17) is 4.74 Å². The Balaban J connectivity index is 1.73. The summed E-state index contributed by atoms with van der Waals surface area (Å²) in [5.41, 5.74) is 2.09. The van der Waals surface area contributed by atoms with Gasteiger partial charge in [-0.15, -0.1) is 11.3 Å².